The van der Waals surface area contributed by atoms with Gasteiger partial charge in [0.1, 0.15) is 5.82 Å². The summed E-state index contributed by atoms with van der Waals surface area (Å²) in [6.45, 7) is 2.32. The van der Waals surface area contributed by atoms with E-state index in [2.05, 4.69) is 10.3 Å². The van der Waals surface area contributed by atoms with Crippen molar-refractivity contribution in [3.63, 3.8) is 0 Å². The molecule has 2 rings (SSSR count). The van der Waals surface area contributed by atoms with Crippen molar-refractivity contribution < 1.29 is 19.4 Å². The van der Waals surface area contributed by atoms with Gasteiger partial charge < -0.3 is 19.9 Å². The van der Waals surface area contributed by atoms with Gasteiger partial charge in [0.15, 0.2) is 0 Å². The molecule has 0 radical (unpaired) electrons. The first-order valence-corrected chi connectivity index (χ1v) is 5.38. The van der Waals surface area contributed by atoms with Crippen molar-refractivity contribution in [3.8, 4) is 0 Å². The molecule has 0 aliphatic carbocycles. The molecule has 1 fully saturated rings. The van der Waals surface area contributed by atoms with Crippen LogP contribution in [0.2, 0.25) is 0 Å². The van der Waals surface area contributed by atoms with E-state index < -0.39 is 5.97 Å². The first-order chi connectivity index (χ1) is 8.25. The Morgan fingerprint density at radius 3 is 3.18 bits per heavy atom. The summed E-state index contributed by atoms with van der Waals surface area (Å²) in [5.41, 5.74) is 0.211. The summed E-state index contributed by atoms with van der Waals surface area (Å²) >= 11 is 0. The van der Waals surface area contributed by atoms with Crippen LogP contribution >= 0.6 is 0 Å². The standard InChI is InChI=1S/C11H14N2O4/c14-11(15)8-1-2-12-10(5-8)13-6-9-7-16-3-4-17-9/h1-2,5,9H,3-4,6-7H2,(H,12,13)(H,14,15). The summed E-state index contributed by atoms with van der Waals surface area (Å²) in [5.74, 6) is -0.438. The van der Waals surface area contributed by atoms with Gasteiger partial charge in [0, 0.05) is 12.7 Å². The number of pyridine rings is 1. The third kappa shape index (κ3) is 3.40. The second-order valence-electron chi connectivity index (χ2n) is 3.68. The zero-order valence-electron chi connectivity index (χ0n) is 9.26. The van der Waals surface area contributed by atoms with E-state index >= 15 is 0 Å². The van der Waals surface area contributed by atoms with Gasteiger partial charge >= 0.3 is 5.97 Å². The maximum atomic E-state index is 10.8. The molecular weight excluding hydrogens is 224 g/mol. The number of rotatable bonds is 4. The van der Waals surface area contributed by atoms with E-state index in [4.69, 9.17) is 14.6 Å². The summed E-state index contributed by atoms with van der Waals surface area (Å²) in [6, 6.07) is 2.94. The Morgan fingerprint density at radius 2 is 2.47 bits per heavy atom. The molecule has 2 N–H and O–H groups in total. The molecule has 92 valence electrons. The lowest BCUT2D eigenvalue weighted by Crippen LogP contribution is -2.34. The predicted molar refractivity (Wildman–Crippen MR) is 60.2 cm³/mol. The molecule has 0 bridgehead atoms. The number of anilines is 1. The van der Waals surface area contributed by atoms with Gasteiger partial charge in [-0.05, 0) is 12.1 Å². The highest BCUT2D eigenvalue weighted by molar-refractivity contribution is 5.88. The Labute approximate surface area is 98.6 Å². The number of carbonyl (C=O) groups is 1. The lowest BCUT2D eigenvalue weighted by molar-refractivity contribution is -0.0819. The molecule has 1 atom stereocenters. The Kier molecular flexibility index (Phi) is 3.89. The highest BCUT2D eigenvalue weighted by Gasteiger charge is 2.14. The average molecular weight is 238 g/mol. The van der Waals surface area contributed by atoms with Crippen LogP contribution in [0.4, 0.5) is 5.82 Å². The van der Waals surface area contributed by atoms with E-state index in [1.54, 1.807) is 0 Å². The van der Waals surface area contributed by atoms with Gasteiger partial charge in [0.25, 0.3) is 0 Å². The third-order valence-electron chi connectivity index (χ3n) is 2.40. The van der Waals surface area contributed by atoms with Gasteiger partial charge in [-0.3, -0.25) is 0 Å². The van der Waals surface area contributed by atoms with Gasteiger partial charge in [-0.2, -0.15) is 0 Å². The Morgan fingerprint density at radius 1 is 1.59 bits per heavy atom. The molecule has 1 aromatic rings. The summed E-state index contributed by atoms with van der Waals surface area (Å²) in [7, 11) is 0. The molecule has 0 amide bonds. The maximum Gasteiger partial charge on any atom is 0.335 e. The Balaban J connectivity index is 1.89. The Hall–Kier alpha value is -1.66. The fraction of sp³-hybridized carbons (Fsp3) is 0.455. The summed E-state index contributed by atoms with van der Waals surface area (Å²) in [5, 5.41) is 11.9. The first kappa shape index (κ1) is 11.8. The number of hydrogen-bond donors (Lipinski definition) is 2. The lowest BCUT2D eigenvalue weighted by atomic mass is 10.2. The van der Waals surface area contributed by atoms with E-state index in [1.807, 2.05) is 0 Å². The van der Waals surface area contributed by atoms with E-state index in [0.717, 1.165) is 0 Å². The van der Waals surface area contributed by atoms with Crippen molar-refractivity contribution in [3.05, 3.63) is 23.9 Å². The minimum absolute atomic E-state index is 0.0148. The fourth-order valence-electron chi connectivity index (χ4n) is 1.53. The van der Waals surface area contributed by atoms with Gasteiger partial charge in [0.2, 0.25) is 0 Å². The third-order valence-corrected chi connectivity index (χ3v) is 2.40. The normalized spacial score (nSPS) is 19.9. The smallest absolute Gasteiger partial charge is 0.335 e. The van der Waals surface area contributed by atoms with Crippen LogP contribution in [0.3, 0.4) is 0 Å². The molecule has 2 heterocycles. The molecule has 1 saturated heterocycles. The average Bonchev–Trinajstić information content (AvgIpc) is 2.38. The number of ether oxygens (including phenoxy) is 2. The van der Waals surface area contributed by atoms with Crippen LogP contribution in [0.15, 0.2) is 18.3 Å². The van der Waals surface area contributed by atoms with Crippen LogP contribution < -0.4 is 5.32 Å². The minimum Gasteiger partial charge on any atom is -0.478 e. The fourth-order valence-corrected chi connectivity index (χ4v) is 1.53. The minimum atomic E-state index is -0.965. The van der Waals surface area contributed by atoms with Gasteiger partial charge in [0.05, 0.1) is 31.5 Å². The van der Waals surface area contributed by atoms with E-state index in [-0.39, 0.29) is 11.7 Å². The maximum absolute atomic E-state index is 10.8. The van der Waals surface area contributed by atoms with E-state index in [0.29, 0.717) is 32.2 Å². The monoisotopic (exact) mass is 238 g/mol. The van der Waals surface area contributed by atoms with Crippen molar-refractivity contribution in [1.29, 1.82) is 0 Å². The van der Waals surface area contributed by atoms with E-state index in [9.17, 15) is 4.79 Å². The van der Waals surface area contributed by atoms with Crippen LogP contribution in [0, 0.1) is 0 Å². The molecule has 0 saturated carbocycles. The van der Waals surface area contributed by atoms with Crippen molar-refractivity contribution in [1.82, 2.24) is 4.98 Å². The number of nitrogens with one attached hydrogen (secondary N) is 1. The van der Waals surface area contributed by atoms with Crippen LogP contribution in [0.1, 0.15) is 10.4 Å². The van der Waals surface area contributed by atoms with Crippen LogP contribution in [0.5, 0.6) is 0 Å². The molecule has 1 aliphatic rings. The second kappa shape index (κ2) is 5.60. The lowest BCUT2D eigenvalue weighted by Gasteiger charge is -2.23. The van der Waals surface area contributed by atoms with Crippen molar-refractivity contribution in [2.75, 3.05) is 31.7 Å². The quantitative estimate of drug-likeness (QED) is 0.799. The number of carboxylic acids is 1. The van der Waals surface area contributed by atoms with Crippen molar-refractivity contribution >= 4 is 11.8 Å². The second-order valence-corrected chi connectivity index (χ2v) is 3.68. The van der Waals surface area contributed by atoms with Gasteiger partial charge in [-0.1, -0.05) is 0 Å². The number of nitrogens with zero attached hydrogens (tertiary/aromatic N) is 1. The molecule has 6 nitrogen and oxygen atoms in total. The molecule has 17 heavy (non-hydrogen) atoms. The number of hydrogen-bond acceptors (Lipinski definition) is 5. The van der Waals surface area contributed by atoms with Gasteiger partial charge in [-0.25, -0.2) is 9.78 Å². The first-order valence-electron chi connectivity index (χ1n) is 5.38. The topological polar surface area (TPSA) is 80.7 Å². The van der Waals surface area contributed by atoms with Crippen molar-refractivity contribution in [2.45, 2.75) is 6.10 Å². The molecule has 1 aromatic heterocycles. The molecule has 6 heteroatoms. The summed E-state index contributed by atoms with van der Waals surface area (Å²) < 4.78 is 10.7. The zero-order chi connectivity index (χ0) is 12.1. The van der Waals surface area contributed by atoms with Crippen molar-refractivity contribution in [2.24, 2.45) is 0 Å². The summed E-state index contributed by atoms with van der Waals surface area (Å²) in [6.07, 6.45) is 1.45. The molecule has 0 aromatic carbocycles. The molecule has 1 aliphatic heterocycles. The highest BCUT2D eigenvalue weighted by Crippen LogP contribution is 2.08. The number of aromatic nitrogens is 1. The molecular formula is C11H14N2O4. The molecule has 0 spiro atoms. The zero-order valence-corrected chi connectivity index (χ0v) is 9.26. The van der Waals surface area contributed by atoms with Gasteiger partial charge in [-0.15, -0.1) is 0 Å². The number of aromatic carboxylic acids is 1. The largest absolute Gasteiger partial charge is 0.478 e. The van der Waals surface area contributed by atoms with E-state index in [1.165, 1.54) is 18.3 Å². The number of carboxylic acid groups (broad SMARTS) is 1. The summed E-state index contributed by atoms with van der Waals surface area (Å²) in [4.78, 5) is 14.8. The highest BCUT2D eigenvalue weighted by atomic mass is 16.6. The predicted octanol–water partition coefficient (Wildman–Crippen LogP) is 0.607. The van der Waals surface area contributed by atoms with Crippen LogP contribution in [-0.2, 0) is 9.47 Å². The van der Waals surface area contributed by atoms with Crippen LogP contribution in [-0.4, -0.2) is 48.5 Å². The Bertz CT molecular complexity index is 391. The molecule has 1 unspecified atom stereocenters. The van der Waals surface area contributed by atoms with Crippen LogP contribution in [0.25, 0.3) is 0 Å². The SMILES string of the molecule is O=C(O)c1ccnc(NCC2COCCO2)c1.